The fraction of sp³-hybridized carbons (Fsp3) is 0.679. The Morgan fingerprint density at radius 1 is 0.884 bits per heavy atom. The largest absolute Gasteiger partial charge is 0.458 e. The summed E-state index contributed by atoms with van der Waals surface area (Å²) < 4.78 is 38.8. The van der Waals surface area contributed by atoms with Gasteiger partial charge in [0.1, 0.15) is 13.2 Å². The van der Waals surface area contributed by atoms with Crippen LogP contribution in [0.3, 0.4) is 0 Å². The predicted molar refractivity (Wildman–Crippen MR) is 269 cm³/mol. The molecule has 0 radical (unpaired) electrons. The molecule has 4 aliphatic carbocycles. The maximum atomic E-state index is 13.6. The third kappa shape index (κ3) is 11.3. The molecular formula is C56H81N3O9S. The number of hydrogen-bond acceptors (Lipinski definition) is 10. The standard InChI is InChI=1S/C56H81N3O9S/c1-35(2)40-27-45(36(3)4)53(46(28-40)37(5)6)69(65,66)59-58-32-39-17-15-38(16-18-39)23-26-57-51(62)14-12-10-9-11-13-43(60)34-67-44-21-24-54(7)42(30-44)19-20-48-49(54)31-50(61)55(8)47(22-25-56(48,55)64)41-29-52(63)68-33-41/h15-18,27-29,32,35-37,42,44,47-50,59,61,64H,9-14,19-26,30-31,33-34H2,1-8H3,(H,57,62)/t42-,44+,47-,48-,49+,50-,54+,55+,56+/m1/s1. The summed E-state index contributed by atoms with van der Waals surface area (Å²) in [4.78, 5) is 40.1. The molecule has 1 amide bonds. The number of rotatable bonds is 21. The van der Waals surface area contributed by atoms with Crippen molar-refractivity contribution in [1.82, 2.24) is 10.1 Å². The summed E-state index contributed by atoms with van der Waals surface area (Å²) in [5, 5.41) is 31.5. The van der Waals surface area contributed by atoms with Gasteiger partial charge in [0.15, 0.2) is 5.78 Å². The highest BCUT2D eigenvalue weighted by Crippen LogP contribution is 2.70. The first-order valence-corrected chi connectivity index (χ1v) is 27.6. The molecule has 12 nitrogen and oxygen atoms in total. The molecule has 69 heavy (non-hydrogen) atoms. The molecule has 0 bridgehead atoms. The monoisotopic (exact) mass is 972 g/mol. The van der Waals surface area contributed by atoms with E-state index in [0.29, 0.717) is 49.5 Å². The molecule has 13 heteroatoms. The molecule has 5 aliphatic rings. The van der Waals surface area contributed by atoms with E-state index in [-0.39, 0.29) is 77.9 Å². The van der Waals surface area contributed by atoms with Gasteiger partial charge in [0.25, 0.3) is 10.0 Å². The average Bonchev–Trinajstić information content (AvgIpc) is 3.86. The Kier molecular flexibility index (Phi) is 16.7. The van der Waals surface area contributed by atoms with Gasteiger partial charge in [-0.05, 0) is 151 Å². The highest BCUT2D eigenvalue weighted by Gasteiger charge is 2.70. The van der Waals surface area contributed by atoms with Crippen LogP contribution in [-0.2, 0) is 40.3 Å². The molecule has 7 rings (SSSR count). The lowest BCUT2D eigenvalue weighted by Gasteiger charge is -2.65. The average molecular weight is 972 g/mol. The van der Waals surface area contributed by atoms with E-state index in [4.69, 9.17) is 9.47 Å². The van der Waals surface area contributed by atoms with Gasteiger partial charge in [-0.25, -0.2) is 9.63 Å². The lowest BCUT2D eigenvalue weighted by atomic mass is 9.42. The van der Waals surface area contributed by atoms with Gasteiger partial charge in [0.2, 0.25) is 5.91 Å². The molecule has 4 fully saturated rings. The van der Waals surface area contributed by atoms with Crippen molar-refractivity contribution in [3.05, 3.63) is 75.9 Å². The van der Waals surface area contributed by atoms with E-state index >= 15 is 0 Å². The lowest BCUT2D eigenvalue weighted by Crippen LogP contribution is -2.67. The molecule has 380 valence electrons. The quantitative estimate of drug-likeness (QED) is 0.0410. The first-order valence-electron chi connectivity index (χ1n) is 26.2. The van der Waals surface area contributed by atoms with Crippen molar-refractivity contribution in [3.63, 3.8) is 0 Å². The Hall–Kier alpha value is -3.91. The Morgan fingerprint density at radius 2 is 1.57 bits per heavy atom. The van der Waals surface area contributed by atoms with E-state index in [1.54, 1.807) is 6.08 Å². The van der Waals surface area contributed by atoms with Gasteiger partial charge >= 0.3 is 5.97 Å². The minimum Gasteiger partial charge on any atom is -0.458 e. The highest BCUT2D eigenvalue weighted by molar-refractivity contribution is 7.89. The summed E-state index contributed by atoms with van der Waals surface area (Å²) in [6, 6.07) is 11.7. The zero-order chi connectivity index (χ0) is 49.9. The SMILES string of the molecule is CC(C)c1cc(C(C)C)c(S(=O)(=O)NN=Cc2ccc(CCNC(=O)CCCCCCC(=O)CO[C@H]3CC[C@@]4(C)[C@H](CC[C@@H]5[C@@H]4C[C@@H](O)[C@]4(C)[C@@H](C6=CC(=O)OC6)CC[C@]54O)C3)cc2)c(C(C)C)c1. The van der Waals surface area contributed by atoms with Crippen molar-refractivity contribution < 1.29 is 42.5 Å². The number of sulfonamides is 1. The van der Waals surface area contributed by atoms with E-state index in [2.05, 4.69) is 36.0 Å². The lowest BCUT2D eigenvalue weighted by molar-refractivity contribution is -0.245. The van der Waals surface area contributed by atoms with Crippen molar-refractivity contribution in [2.24, 2.45) is 39.6 Å². The molecule has 0 unspecified atom stereocenters. The number of fused-ring (bicyclic) bond motifs is 5. The number of cyclic esters (lactones) is 1. The number of nitrogens with zero attached hydrogens (tertiary/aromatic N) is 1. The van der Waals surface area contributed by atoms with Crippen LogP contribution >= 0.6 is 0 Å². The Labute approximate surface area is 412 Å². The summed E-state index contributed by atoms with van der Waals surface area (Å²) in [6.07, 6.45) is 14.0. The van der Waals surface area contributed by atoms with Crippen LogP contribution in [0.15, 0.2) is 58.0 Å². The normalized spacial score (nSPS) is 30.0. The first kappa shape index (κ1) is 52.9. The molecule has 1 aliphatic heterocycles. The van der Waals surface area contributed by atoms with Gasteiger partial charge in [0, 0.05) is 30.9 Å². The second-order valence-corrected chi connectivity index (χ2v) is 24.3. The van der Waals surface area contributed by atoms with Crippen molar-refractivity contribution >= 4 is 33.9 Å². The van der Waals surface area contributed by atoms with Crippen molar-refractivity contribution in [2.75, 3.05) is 19.8 Å². The number of unbranched alkanes of at least 4 members (excludes halogenated alkanes) is 3. The van der Waals surface area contributed by atoms with Crippen LogP contribution < -0.4 is 10.1 Å². The summed E-state index contributed by atoms with van der Waals surface area (Å²) in [7, 11) is -3.91. The van der Waals surface area contributed by atoms with Crippen molar-refractivity contribution in [2.45, 2.75) is 192 Å². The van der Waals surface area contributed by atoms with Gasteiger partial charge in [0.05, 0.1) is 28.9 Å². The first-order chi connectivity index (χ1) is 32.7. The number of aliphatic hydroxyl groups is 2. The number of carbonyl (C=O) groups excluding carboxylic acids is 3. The van der Waals surface area contributed by atoms with E-state index in [0.717, 1.165) is 97.6 Å². The molecule has 1 heterocycles. The predicted octanol–water partition coefficient (Wildman–Crippen LogP) is 9.55. The molecule has 2 aromatic rings. The smallest absolute Gasteiger partial charge is 0.331 e. The van der Waals surface area contributed by atoms with E-state index < -0.39 is 27.1 Å². The summed E-state index contributed by atoms with van der Waals surface area (Å²) in [5.74, 6) is 0.796. The maximum Gasteiger partial charge on any atom is 0.331 e. The van der Waals surface area contributed by atoms with Crippen LogP contribution in [0.1, 0.15) is 191 Å². The number of carbonyl (C=O) groups is 3. The van der Waals surface area contributed by atoms with Gasteiger partial charge in [-0.2, -0.15) is 13.5 Å². The fourth-order valence-electron chi connectivity index (χ4n) is 13.4. The molecule has 2 aromatic carbocycles. The number of esters is 1. The van der Waals surface area contributed by atoms with Gasteiger partial charge in [-0.1, -0.05) is 105 Å². The van der Waals surface area contributed by atoms with E-state index in [9.17, 15) is 33.0 Å². The molecule has 4 N–H and O–H groups in total. The Balaban J connectivity index is 0.759. The molecule has 4 saturated carbocycles. The highest BCUT2D eigenvalue weighted by atomic mass is 32.2. The number of benzene rings is 2. The Morgan fingerprint density at radius 3 is 2.20 bits per heavy atom. The second kappa shape index (κ2) is 21.8. The summed E-state index contributed by atoms with van der Waals surface area (Å²) in [6.45, 7) is 17.6. The van der Waals surface area contributed by atoms with Gasteiger partial charge < -0.3 is 25.0 Å². The number of aliphatic hydroxyl groups excluding tert-OH is 1. The number of amides is 1. The van der Waals surface area contributed by atoms with Crippen LogP contribution in [0.25, 0.3) is 0 Å². The van der Waals surface area contributed by atoms with E-state index in [1.807, 2.05) is 71.0 Å². The fourth-order valence-corrected chi connectivity index (χ4v) is 14.9. The topological polar surface area (TPSA) is 181 Å². The van der Waals surface area contributed by atoms with Crippen LogP contribution in [0.5, 0.6) is 0 Å². The third-order valence-electron chi connectivity index (χ3n) is 17.6. The third-order valence-corrected chi connectivity index (χ3v) is 18.9. The summed E-state index contributed by atoms with van der Waals surface area (Å²) >= 11 is 0. The minimum atomic E-state index is -3.91. The molecule has 9 atom stereocenters. The zero-order valence-corrected chi connectivity index (χ0v) is 43.5. The maximum absolute atomic E-state index is 13.6. The van der Waals surface area contributed by atoms with Gasteiger partial charge in [-0.3, -0.25) is 9.59 Å². The number of ketones is 1. The molecule has 0 saturated heterocycles. The number of nitrogens with one attached hydrogen (secondary N) is 2. The zero-order valence-electron chi connectivity index (χ0n) is 42.7. The van der Waals surface area contributed by atoms with Gasteiger partial charge in [-0.15, -0.1) is 0 Å². The number of Topliss-reactive ketones (excluding diaryl/α,β-unsaturated/α-hetero) is 1. The second-order valence-electron chi connectivity index (χ2n) is 22.7. The number of hydrogen-bond donors (Lipinski definition) is 4. The van der Waals surface area contributed by atoms with Crippen molar-refractivity contribution in [3.8, 4) is 0 Å². The van der Waals surface area contributed by atoms with Crippen molar-refractivity contribution in [1.29, 1.82) is 0 Å². The molecular weight excluding hydrogens is 891 g/mol. The van der Waals surface area contributed by atoms with Crippen LogP contribution in [0.2, 0.25) is 0 Å². The van der Waals surface area contributed by atoms with Crippen LogP contribution in [0, 0.1) is 34.5 Å². The summed E-state index contributed by atoms with van der Waals surface area (Å²) in [5.41, 5.74) is 3.72. The minimum absolute atomic E-state index is 0.0111. The van der Waals surface area contributed by atoms with Crippen LogP contribution in [-0.4, -0.2) is 80.1 Å². The molecule has 0 spiro atoms. The number of hydrazone groups is 1. The molecule has 0 aromatic heterocycles. The van der Waals surface area contributed by atoms with E-state index in [1.165, 1.54) is 6.21 Å². The number of ether oxygens (including phenoxy) is 2. The Bertz CT molecular complexity index is 2310. The van der Waals surface area contributed by atoms with Crippen LogP contribution in [0.4, 0.5) is 0 Å².